The van der Waals surface area contributed by atoms with E-state index in [4.69, 9.17) is 0 Å². The van der Waals surface area contributed by atoms with Crippen molar-refractivity contribution in [1.29, 1.82) is 0 Å². The number of amidine groups is 1. The molecule has 1 fully saturated rings. The predicted molar refractivity (Wildman–Crippen MR) is 50.7 cm³/mol. The average molecular weight is 181 g/mol. The molecular formula is C9H15N3O. The number of amides is 1. The Morgan fingerprint density at radius 3 is 2.69 bits per heavy atom. The number of hydrogen-bond acceptors (Lipinski definition) is 3. The molecule has 2 rings (SSSR count). The van der Waals surface area contributed by atoms with Crippen LogP contribution in [0.2, 0.25) is 0 Å². The second-order valence-corrected chi connectivity index (χ2v) is 3.51. The predicted octanol–water partition coefficient (Wildman–Crippen LogP) is 0.000600. The molecule has 2 aliphatic rings. The normalized spacial score (nSPS) is 22.5. The highest BCUT2D eigenvalue weighted by Crippen LogP contribution is 2.08. The Kier molecular flexibility index (Phi) is 2.47. The molecule has 2 heterocycles. The Hall–Kier alpha value is -1.06. The van der Waals surface area contributed by atoms with Crippen molar-refractivity contribution in [1.82, 2.24) is 10.2 Å². The standard InChI is InChI=1S/C9H15N3O/c13-9(12-6-1-2-7-12)8-10-4-3-5-11-8/h1-7H2,(H,10,11). The van der Waals surface area contributed by atoms with Crippen LogP contribution in [0.3, 0.4) is 0 Å². The lowest BCUT2D eigenvalue weighted by Gasteiger charge is -2.19. The van der Waals surface area contributed by atoms with Crippen LogP contribution in [0.15, 0.2) is 4.99 Å². The Balaban J connectivity index is 1.98. The van der Waals surface area contributed by atoms with Gasteiger partial charge in [0, 0.05) is 26.2 Å². The minimum absolute atomic E-state index is 0.0946. The van der Waals surface area contributed by atoms with E-state index in [1.807, 2.05) is 4.90 Å². The van der Waals surface area contributed by atoms with Crippen molar-refractivity contribution in [2.75, 3.05) is 26.2 Å². The van der Waals surface area contributed by atoms with Gasteiger partial charge in [-0.3, -0.25) is 9.79 Å². The van der Waals surface area contributed by atoms with Gasteiger partial charge in [-0.25, -0.2) is 0 Å². The van der Waals surface area contributed by atoms with Gasteiger partial charge >= 0.3 is 0 Å². The molecule has 0 bridgehead atoms. The minimum Gasteiger partial charge on any atom is -0.366 e. The van der Waals surface area contributed by atoms with Crippen LogP contribution in [0.5, 0.6) is 0 Å². The van der Waals surface area contributed by atoms with Crippen LogP contribution in [0, 0.1) is 0 Å². The number of aliphatic imine (C=N–C) groups is 1. The quantitative estimate of drug-likeness (QED) is 0.619. The van der Waals surface area contributed by atoms with Gasteiger partial charge in [-0.15, -0.1) is 0 Å². The molecule has 0 aromatic heterocycles. The van der Waals surface area contributed by atoms with E-state index in [0.29, 0.717) is 5.84 Å². The van der Waals surface area contributed by atoms with Crippen LogP contribution >= 0.6 is 0 Å². The average Bonchev–Trinajstić information content (AvgIpc) is 2.71. The first-order chi connectivity index (χ1) is 6.38. The summed E-state index contributed by atoms with van der Waals surface area (Å²) < 4.78 is 0. The third-order valence-corrected chi connectivity index (χ3v) is 2.49. The number of nitrogens with one attached hydrogen (secondary N) is 1. The summed E-state index contributed by atoms with van der Waals surface area (Å²) in [7, 11) is 0. The molecule has 0 aromatic rings. The minimum atomic E-state index is 0.0946. The molecule has 1 saturated heterocycles. The van der Waals surface area contributed by atoms with Crippen LogP contribution in [0.1, 0.15) is 19.3 Å². The van der Waals surface area contributed by atoms with Crippen LogP contribution in [-0.4, -0.2) is 42.8 Å². The summed E-state index contributed by atoms with van der Waals surface area (Å²) in [5.74, 6) is 0.672. The summed E-state index contributed by atoms with van der Waals surface area (Å²) in [6.45, 7) is 3.49. The van der Waals surface area contributed by atoms with Gasteiger partial charge < -0.3 is 10.2 Å². The molecule has 0 aromatic carbocycles. The maximum atomic E-state index is 11.7. The topological polar surface area (TPSA) is 44.7 Å². The highest BCUT2D eigenvalue weighted by molar-refractivity contribution is 6.37. The Morgan fingerprint density at radius 2 is 2.08 bits per heavy atom. The largest absolute Gasteiger partial charge is 0.366 e. The Bertz CT molecular complexity index is 231. The molecule has 1 N–H and O–H groups in total. The fourth-order valence-electron chi connectivity index (χ4n) is 1.75. The first kappa shape index (κ1) is 8.53. The maximum Gasteiger partial charge on any atom is 0.288 e. The highest BCUT2D eigenvalue weighted by atomic mass is 16.2. The van der Waals surface area contributed by atoms with Gasteiger partial charge in [0.2, 0.25) is 0 Å². The molecule has 0 saturated carbocycles. The highest BCUT2D eigenvalue weighted by Gasteiger charge is 2.23. The molecule has 0 unspecified atom stereocenters. The van der Waals surface area contributed by atoms with E-state index in [-0.39, 0.29) is 5.91 Å². The zero-order valence-corrected chi connectivity index (χ0v) is 7.75. The third-order valence-electron chi connectivity index (χ3n) is 2.49. The second-order valence-electron chi connectivity index (χ2n) is 3.51. The molecule has 0 atom stereocenters. The van der Waals surface area contributed by atoms with E-state index in [1.54, 1.807) is 0 Å². The van der Waals surface area contributed by atoms with Crippen molar-refractivity contribution in [3.8, 4) is 0 Å². The molecular weight excluding hydrogens is 166 g/mol. The lowest BCUT2D eigenvalue weighted by molar-refractivity contribution is -0.123. The van der Waals surface area contributed by atoms with E-state index in [9.17, 15) is 4.79 Å². The number of carbonyl (C=O) groups is 1. The molecule has 0 aliphatic carbocycles. The molecule has 1 amide bonds. The Labute approximate surface area is 78.0 Å². The van der Waals surface area contributed by atoms with Crippen molar-refractivity contribution in [2.45, 2.75) is 19.3 Å². The third kappa shape index (κ3) is 1.82. The zero-order chi connectivity index (χ0) is 9.10. The molecule has 0 radical (unpaired) electrons. The fraction of sp³-hybridized carbons (Fsp3) is 0.778. The van der Waals surface area contributed by atoms with E-state index >= 15 is 0 Å². The molecule has 2 aliphatic heterocycles. The van der Waals surface area contributed by atoms with Crippen LogP contribution in [0.25, 0.3) is 0 Å². The lowest BCUT2D eigenvalue weighted by Crippen LogP contribution is -2.44. The van der Waals surface area contributed by atoms with Crippen molar-refractivity contribution >= 4 is 11.7 Å². The SMILES string of the molecule is O=C(C1=NCCCN1)N1CCCC1. The van der Waals surface area contributed by atoms with E-state index in [1.165, 1.54) is 0 Å². The number of nitrogens with zero attached hydrogens (tertiary/aromatic N) is 2. The lowest BCUT2D eigenvalue weighted by atomic mass is 10.3. The molecule has 4 nitrogen and oxygen atoms in total. The fourth-order valence-corrected chi connectivity index (χ4v) is 1.75. The van der Waals surface area contributed by atoms with Gasteiger partial charge in [-0.2, -0.15) is 0 Å². The van der Waals surface area contributed by atoms with Gasteiger partial charge in [0.15, 0.2) is 5.84 Å². The van der Waals surface area contributed by atoms with Crippen LogP contribution < -0.4 is 5.32 Å². The van der Waals surface area contributed by atoms with Gasteiger partial charge in [-0.1, -0.05) is 0 Å². The number of carbonyl (C=O) groups excluding carboxylic acids is 1. The molecule has 72 valence electrons. The van der Waals surface area contributed by atoms with Gasteiger partial charge in [0.25, 0.3) is 5.91 Å². The van der Waals surface area contributed by atoms with Crippen LogP contribution in [-0.2, 0) is 4.79 Å². The second kappa shape index (κ2) is 3.77. The van der Waals surface area contributed by atoms with Crippen LogP contribution in [0.4, 0.5) is 0 Å². The van der Waals surface area contributed by atoms with Crippen molar-refractivity contribution in [2.24, 2.45) is 4.99 Å². The van der Waals surface area contributed by atoms with Crippen molar-refractivity contribution < 1.29 is 4.79 Å². The Morgan fingerprint density at radius 1 is 1.31 bits per heavy atom. The molecule has 13 heavy (non-hydrogen) atoms. The monoisotopic (exact) mass is 181 g/mol. The van der Waals surface area contributed by atoms with Gasteiger partial charge in [0.05, 0.1) is 0 Å². The first-order valence-electron chi connectivity index (χ1n) is 4.95. The van der Waals surface area contributed by atoms with E-state index < -0.39 is 0 Å². The van der Waals surface area contributed by atoms with Crippen molar-refractivity contribution in [3.63, 3.8) is 0 Å². The summed E-state index contributed by atoms with van der Waals surface area (Å²) in [4.78, 5) is 17.8. The summed E-state index contributed by atoms with van der Waals surface area (Å²) >= 11 is 0. The first-order valence-corrected chi connectivity index (χ1v) is 4.95. The smallest absolute Gasteiger partial charge is 0.288 e. The molecule has 0 spiro atoms. The number of rotatable bonds is 1. The summed E-state index contributed by atoms with van der Waals surface area (Å²) in [5.41, 5.74) is 0. The number of likely N-dealkylation sites (tertiary alicyclic amines) is 1. The summed E-state index contributed by atoms with van der Waals surface area (Å²) in [6, 6.07) is 0. The maximum absolute atomic E-state index is 11.7. The van der Waals surface area contributed by atoms with Gasteiger partial charge in [0.1, 0.15) is 0 Å². The summed E-state index contributed by atoms with van der Waals surface area (Å²) in [6.07, 6.45) is 3.31. The summed E-state index contributed by atoms with van der Waals surface area (Å²) in [5, 5.41) is 3.05. The zero-order valence-electron chi connectivity index (χ0n) is 7.75. The molecule has 4 heteroatoms. The van der Waals surface area contributed by atoms with Gasteiger partial charge in [-0.05, 0) is 19.3 Å². The van der Waals surface area contributed by atoms with E-state index in [0.717, 1.165) is 45.4 Å². The van der Waals surface area contributed by atoms with E-state index in [2.05, 4.69) is 10.3 Å². The number of hydrogen-bond donors (Lipinski definition) is 1. The van der Waals surface area contributed by atoms with Crippen molar-refractivity contribution in [3.05, 3.63) is 0 Å².